The lowest BCUT2D eigenvalue weighted by Gasteiger charge is -2.11. The zero-order valence-electron chi connectivity index (χ0n) is 14.1. The first-order valence-corrected chi connectivity index (χ1v) is 8.27. The van der Waals surface area contributed by atoms with Crippen molar-refractivity contribution in [2.45, 2.75) is 6.42 Å². The third kappa shape index (κ3) is 3.75. The molecule has 3 rings (SSSR count). The maximum Gasteiger partial charge on any atom is 0.346 e. The van der Waals surface area contributed by atoms with E-state index in [1.54, 1.807) is 19.2 Å². The van der Waals surface area contributed by atoms with Crippen LogP contribution in [0.3, 0.4) is 0 Å². The van der Waals surface area contributed by atoms with Gasteiger partial charge in [-0.1, -0.05) is 37.0 Å². The zero-order valence-corrected chi connectivity index (χ0v) is 14.9. The van der Waals surface area contributed by atoms with Gasteiger partial charge >= 0.3 is 5.63 Å². The topological polar surface area (TPSA) is 71.7 Å². The monoisotopic (exact) mass is 367 g/mol. The minimum Gasteiger partial charge on any atom is -0.508 e. The highest BCUT2D eigenvalue weighted by Gasteiger charge is 2.13. The van der Waals surface area contributed by atoms with Crippen molar-refractivity contribution >= 4 is 28.2 Å². The van der Waals surface area contributed by atoms with E-state index < -0.39 is 5.63 Å². The normalized spacial score (nSPS) is 13.6. The van der Waals surface area contributed by atoms with Crippen LogP contribution >= 0.6 is 12.2 Å². The van der Waals surface area contributed by atoms with Crippen LogP contribution in [0.4, 0.5) is 0 Å². The van der Waals surface area contributed by atoms with Crippen LogP contribution in [0.15, 0.2) is 81.4 Å². The van der Waals surface area contributed by atoms with E-state index in [1.165, 1.54) is 12.1 Å². The average molecular weight is 367 g/mol. The van der Waals surface area contributed by atoms with E-state index in [4.69, 9.17) is 21.4 Å². The molecule has 0 bridgehead atoms. The summed E-state index contributed by atoms with van der Waals surface area (Å²) >= 11 is 5.35. The number of methoxy groups -OCH3 is 1. The number of hydrogen-bond donors (Lipinski definition) is 2. The molecule has 0 radical (unpaired) electrons. The van der Waals surface area contributed by atoms with Crippen LogP contribution in [0.2, 0.25) is 0 Å². The highest BCUT2D eigenvalue weighted by atomic mass is 32.1. The maximum absolute atomic E-state index is 12.2. The average Bonchev–Trinajstić information content (AvgIpc) is 2.86. The van der Waals surface area contributed by atoms with Gasteiger partial charge in [-0.15, -0.1) is 0 Å². The number of phenolic OH excluding ortho intramolecular Hbond substituents is 1. The lowest BCUT2D eigenvalue weighted by atomic mass is 10.1. The van der Waals surface area contributed by atoms with Gasteiger partial charge in [-0.2, -0.15) is 0 Å². The van der Waals surface area contributed by atoms with E-state index in [0.717, 1.165) is 11.3 Å². The summed E-state index contributed by atoms with van der Waals surface area (Å²) in [6.07, 6.45) is 8.22. The van der Waals surface area contributed by atoms with Crippen LogP contribution < -0.4 is 10.9 Å². The molecule has 1 aliphatic carbocycles. The summed E-state index contributed by atoms with van der Waals surface area (Å²) in [4.78, 5) is 12.4. The summed E-state index contributed by atoms with van der Waals surface area (Å²) in [5, 5.41) is 13.1. The molecule has 0 spiro atoms. The number of hydrogen-bond acceptors (Lipinski definition) is 5. The fourth-order valence-corrected chi connectivity index (χ4v) is 2.78. The molecule has 0 atom stereocenters. The first-order valence-electron chi connectivity index (χ1n) is 7.87. The van der Waals surface area contributed by atoms with E-state index >= 15 is 0 Å². The number of benzene rings is 1. The van der Waals surface area contributed by atoms with Crippen molar-refractivity contribution in [2.75, 3.05) is 7.11 Å². The number of nitrogens with one attached hydrogen (secondary N) is 1. The summed E-state index contributed by atoms with van der Waals surface area (Å²) in [5.41, 5.74) is 1.37. The fraction of sp³-hybridized carbons (Fsp3) is 0.100. The lowest BCUT2D eigenvalue weighted by Crippen LogP contribution is -2.27. The highest BCUT2D eigenvalue weighted by Crippen LogP contribution is 2.20. The summed E-state index contributed by atoms with van der Waals surface area (Å²) in [7, 11) is 1.62. The number of allylic oxidation sites excluding steroid dienone is 4. The highest BCUT2D eigenvalue weighted by molar-refractivity contribution is 7.80. The minimum absolute atomic E-state index is 0.0265. The Balaban J connectivity index is 1.82. The molecule has 1 heterocycles. The predicted molar refractivity (Wildman–Crippen MR) is 105 cm³/mol. The van der Waals surface area contributed by atoms with Gasteiger partial charge in [-0.25, -0.2) is 4.79 Å². The molecule has 0 amide bonds. The van der Waals surface area contributed by atoms with Crippen LogP contribution in [-0.2, 0) is 4.74 Å². The van der Waals surface area contributed by atoms with E-state index in [-0.39, 0.29) is 16.3 Å². The number of thiocarbonyl (C=S) groups is 1. The Labute approximate surface area is 155 Å². The molecule has 0 saturated heterocycles. The molecule has 1 aliphatic rings. The SMILES string of the molecule is C=C(NC(=S)c1cc2ccc(O)cc2oc1=O)C1=CCC(OC)=CC=C1. The quantitative estimate of drug-likeness (QED) is 0.634. The van der Waals surface area contributed by atoms with Gasteiger partial charge in [0.15, 0.2) is 0 Å². The molecule has 132 valence electrons. The van der Waals surface area contributed by atoms with Crippen molar-refractivity contribution in [2.24, 2.45) is 0 Å². The number of fused-ring (bicyclic) bond motifs is 1. The summed E-state index contributed by atoms with van der Waals surface area (Å²) in [6.45, 7) is 3.99. The van der Waals surface area contributed by atoms with Gasteiger partial charge in [0, 0.05) is 23.6 Å². The van der Waals surface area contributed by atoms with Crippen LogP contribution in [-0.4, -0.2) is 17.2 Å². The zero-order chi connectivity index (χ0) is 18.7. The maximum atomic E-state index is 12.2. The molecule has 5 nitrogen and oxygen atoms in total. The van der Waals surface area contributed by atoms with Crippen molar-refractivity contribution in [3.05, 3.63) is 88.2 Å². The largest absolute Gasteiger partial charge is 0.508 e. The Morgan fingerprint density at radius 3 is 2.96 bits per heavy atom. The van der Waals surface area contributed by atoms with Crippen molar-refractivity contribution in [3.63, 3.8) is 0 Å². The smallest absolute Gasteiger partial charge is 0.346 e. The molecule has 26 heavy (non-hydrogen) atoms. The van der Waals surface area contributed by atoms with E-state index in [2.05, 4.69) is 11.9 Å². The first kappa shape index (κ1) is 17.7. The molecule has 6 heteroatoms. The van der Waals surface area contributed by atoms with Gasteiger partial charge in [-0.05, 0) is 29.8 Å². The standard InChI is InChI=1S/C20H17NO4S/c1-12(13-4-3-5-16(24-2)9-7-13)21-19(26)17-10-14-6-8-15(22)11-18(14)25-20(17)23/h3-8,10-11,22H,1,9H2,2H3,(H,21,26). The molecule has 2 N–H and O–H groups in total. The van der Waals surface area contributed by atoms with Gasteiger partial charge in [0.05, 0.1) is 18.4 Å². The van der Waals surface area contributed by atoms with Crippen molar-refractivity contribution < 1.29 is 14.3 Å². The van der Waals surface area contributed by atoms with Gasteiger partial charge in [0.25, 0.3) is 0 Å². The van der Waals surface area contributed by atoms with E-state index in [9.17, 15) is 9.90 Å². The van der Waals surface area contributed by atoms with Gasteiger partial charge < -0.3 is 19.6 Å². The second kappa shape index (κ2) is 7.41. The Bertz CT molecular complexity index is 1040. The predicted octanol–water partition coefficient (Wildman–Crippen LogP) is 3.69. The molecule has 2 aromatic rings. The minimum atomic E-state index is -0.581. The Hall–Kier alpha value is -3.12. The molecule has 0 unspecified atom stereocenters. The Morgan fingerprint density at radius 2 is 2.19 bits per heavy atom. The van der Waals surface area contributed by atoms with Gasteiger partial charge in [-0.3, -0.25) is 0 Å². The van der Waals surface area contributed by atoms with Crippen molar-refractivity contribution in [1.82, 2.24) is 5.32 Å². The third-order valence-electron chi connectivity index (χ3n) is 3.92. The first-order chi connectivity index (χ1) is 12.5. The fourth-order valence-electron chi connectivity index (χ4n) is 2.52. The summed E-state index contributed by atoms with van der Waals surface area (Å²) < 4.78 is 10.5. The molecule has 1 aromatic carbocycles. The number of phenols is 1. The molecular weight excluding hydrogens is 350 g/mol. The van der Waals surface area contributed by atoms with Crippen LogP contribution in [0.25, 0.3) is 11.0 Å². The Morgan fingerprint density at radius 1 is 1.38 bits per heavy atom. The van der Waals surface area contributed by atoms with Crippen LogP contribution in [0, 0.1) is 0 Å². The molecule has 1 aromatic heterocycles. The number of aromatic hydroxyl groups is 1. The lowest BCUT2D eigenvalue weighted by molar-refractivity contribution is 0.285. The van der Waals surface area contributed by atoms with Gasteiger partial charge in [0.1, 0.15) is 16.3 Å². The van der Waals surface area contributed by atoms with Gasteiger partial charge in [0.2, 0.25) is 0 Å². The van der Waals surface area contributed by atoms with Crippen molar-refractivity contribution in [1.29, 1.82) is 0 Å². The van der Waals surface area contributed by atoms with E-state index in [0.29, 0.717) is 23.1 Å². The van der Waals surface area contributed by atoms with Crippen molar-refractivity contribution in [3.8, 4) is 5.75 Å². The third-order valence-corrected chi connectivity index (χ3v) is 4.24. The van der Waals surface area contributed by atoms with Crippen LogP contribution in [0.1, 0.15) is 12.0 Å². The second-order valence-corrected chi connectivity index (χ2v) is 6.07. The molecule has 0 fully saturated rings. The molecule has 0 aliphatic heterocycles. The summed E-state index contributed by atoms with van der Waals surface area (Å²) in [5.74, 6) is 0.864. The van der Waals surface area contributed by atoms with Crippen LogP contribution in [0.5, 0.6) is 5.75 Å². The number of ether oxygens (including phenoxy) is 1. The molecule has 0 saturated carbocycles. The second-order valence-electron chi connectivity index (χ2n) is 5.66. The number of rotatable bonds is 4. The summed E-state index contributed by atoms with van der Waals surface area (Å²) in [6, 6.07) is 6.19. The molecular formula is C20H17NO4S. The van der Waals surface area contributed by atoms with E-state index in [1.807, 2.05) is 24.3 Å². The Kier molecular flexibility index (Phi) is 5.04.